The van der Waals surface area contributed by atoms with Crippen LogP contribution in [0.3, 0.4) is 0 Å². The maximum absolute atomic E-state index is 12.3. The molecular formula is C16H16ClN3O3S. The first-order valence-corrected chi connectivity index (χ1v) is 8.67. The highest BCUT2D eigenvalue weighted by molar-refractivity contribution is 7.16. The third-order valence-corrected chi connectivity index (χ3v) is 4.63. The van der Waals surface area contributed by atoms with E-state index < -0.39 is 5.91 Å². The standard InChI is InChI=1S/C16H16ClN3O3S/c1-3-22-7-6-20-13-5-4-11(17)9-14(13)24-16(20)18-15(21)12-8-10(2)23-19-12/h4-5,8-9H,3,6-7H2,1-2H3. The lowest BCUT2D eigenvalue weighted by molar-refractivity contribution is 0.0988. The van der Waals surface area contributed by atoms with Gasteiger partial charge in [0, 0.05) is 24.2 Å². The number of nitrogens with zero attached hydrogens (tertiary/aromatic N) is 3. The van der Waals surface area contributed by atoms with Crippen molar-refractivity contribution in [2.24, 2.45) is 4.99 Å². The van der Waals surface area contributed by atoms with Crippen LogP contribution in [0, 0.1) is 6.92 Å². The smallest absolute Gasteiger partial charge is 0.301 e. The Morgan fingerprint density at radius 2 is 2.29 bits per heavy atom. The molecule has 0 saturated carbocycles. The van der Waals surface area contributed by atoms with E-state index in [9.17, 15) is 4.79 Å². The molecule has 24 heavy (non-hydrogen) atoms. The molecule has 2 heterocycles. The predicted molar refractivity (Wildman–Crippen MR) is 92.5 cm³/mol. The number of fused-ring (bicyclic) bond motifs is 1. The molecule has 126 valence electrons. The van der Waals surface area contributed by atoms with Crippen molar-refractivity contribution in [2.45, 2.75) is 20.4 Å². The van der Waals surface area contributed by atoms with Gasteiger partial charge in [0.2, 0.25) is 0 Å². The fraction of sp³-hybridized carbons (Fsp3) is 0.312. The molecule has 0 bridgehead atoms. The Morgan fingerprint density at radius 3 is 3.00 bits per heavy atom. The average Bonchev–Trinajstić information content (AvgIpc) is 3.11. The lowest BCUT2D eigenvalue weighted by Gasteiger charge is -2.05. The van der Waals surface area contributed by atoms with Crippen molar-refractivity contribution >= 4 is 39.1 Å². The van der Waals surface area contributed by atoms with Crippen molar-refractivity contribution in [1.29, 1.82) is 0 Å². The van der Waals surface area contributed by atoms with Crippen LogP contribution < -0.4 is 4.80 Å². The van der Waals surface area contributed by atoms with E-state index in [0.29, 0.717) is 35.3 Å². The van der Waals surface area contributed by atoms with E-state index in [-0.39, 0.29) is 5.69 Å². The topological polar surface area (TPSA) is 69.6 Å². The lowest BCUT2D eigenvalue weighted by Crippen LogP contribution is -2.19. The number of aromatic nitrogens is 2. The first-order valence-electron chi connectivity index (χ1n) is 7.47. The Morgan fingerprint density at radius 1 is 1.46 bits per heavy atom. The molecular weight excluding hydrogens is 350 g/mol. The average molecular weight is 366 g/mol. The largest absolute Gasteiger partial charge is 0.380 e. The fourth-order valence-corrected chi connectivity index (χ4v) is 3.59. The number of hydrogen-bond acceptors (Lipinski definition) is 5. The van der Waals surface area contributed by atoms with Crippen LogP contribution in [0.1, 0.15) is 23.2 Å². The number of halogens is 1. The van der Waals surface area contributed by atoms with E-state index in [0.717, 1.165) is 10.2 Å². The van der Waals surface area contributed by atoms with Crippen LogP contribution in [-0.2, 0) is 11.3 Å². The molecule has 0 aliphatic carbocycles. The number of aryl methyl sites for hydroxylation is 1. The first kappa shape index (κ1) is 16.9. The van der Waals surface area contributed by atoms with Crippen LogP contribution in [0.25, 0.3) is 10.2 Å². The van der Waals surface area contributed by atoms with Crippen LogP contribution in [0.4, 0.5) is 0 Å². The lowest BCUT2D eigenvalue weighted by atomic mass is 10.3. The minimum atomic E-state index is -0.435. The molecule has 6 nitrogen and oxygen atoms in total. The van der Waals surface area contributed by atoms with Crippen LogP contribution in [0.5, 0.6) is 0 Å². The summed E-state index contributed by atoms with van der Waals surface area (Å²) in [5.74, 6) is 0.135. The second kappa shape index (κ2) is 7.29. The molecule has 0 aliphatic heterocycles. The summed E-state index contributed by atoms with van der Waals surface area (Å²) in [5.41, 5.74) is 1.16. The molecule has 0 aliphatic rings. The van der Waals surface area contributed by atoms with Gasteiger partial charge in [-0.1, -0.05) is 28.1 Å². The molecule has 1 amide bonds. The van der Waals surface area contributed by atoms with Crippen molar-refractivity contribution < 1.29 is 14.1 Å². The van der Waals surface area contributed by atoms with Gasteiger partial charge in [0.1, 0.15) is 5.76 Å². The van der Waals surface area contributed by atoms with Crippen LogP contribution in [0.2, 0.25) is 5.02 Å². The minimum Gasteiger partial charge on any atom is -0.380 e. The van der Waals surface area contributed by atoms with Gasteiger partial charge in [-0.05, 0) is 32.0 Å². The monoisotopic (exact) mass is 365 g/mol. The van der Waals surface area contributed by atoms with Gasteiger partial charge >= 0.3 is 5.91 Å². The molecule has 1 aromatic carbocycles. The van der Waals surface area contributed by atoms with Crippen molar-refractivity contribution in [3.63, 3.8) is 0 Å². The van der Waals surface area contributed by atoms with Crippen molar-refractivity contribution in [3.8, 4) is 0 Å². The number of thiazole rings is 1. The summed E-state index contributed by atoms with van der Waals surface area (Å²) < 4.78 is 13.3. The maximum Gasteiger partial charge on any atom is 0.301 e. The third-order valence-electron chi connectivity index (χ3n) is 3.35. The molecule has 0 spiro atoms. The van der Waals surface area contributed by atoms with Gasteiger partial charge in [-0.25, -0.2) is 0 Å². The highest BCUT2D eigenvalue weighted by Crippen LogP contribution is 2.22. The Kier molecular flexibility index (Phi) is 5.13. The van der Waals surface area contributed by atoms with Crippen LogP contribution >= 0.6 is 22.9 Å². The molecule has 0 fully saturated rings. The molecule has 0 N–H and O–H groups in total. The van der Waals surface area contributed by atoms with Crippen LogP contribution in [-0.4, -0.2) is 28.8 Å². The Bertz CT molecular complexity index is 942. The van der Waals surface area contributed by atoms with Gasteiger partial charge in [0.15, 0.2) is 10.5 Å². The third kappa shape index (κ3) is 3.58. The number of amides is 1. The molecule has 0 atom stereocenters. The van der Waals surface area contributed by atoms with Gasteiger partial charge in [-0.3, -0.25) is 4.79 Å². The van der Waals surface area contributed by atoms with Gasteiger partial charge in [0.05, 0.1) is 16.8 Å². The van der Waals surface area contributed by atoms with E-state index >= 15 is 0 Å². The molecule has 2 aromatic heterocycles. The Labute approximate surface area is 147 Å². The summed E-state index contributed by atoms with van der Waals surface area (Å²) in [6.07, 6.45) is 0. The molecule has 8 heteroatoms. The van der Waals surface area contributed by atoms with Gasteiger partial charge in [-0.2, -0.15) is 4.99 Å². The molecule has 3 rings (SSSR count). The number of rotatable bonds is 5. The first-order chi connectivity index (χ1) is 11.6. The summed E-state index contributed by atoms with van der Waals surface area (Å²) in [7, 11) is 0. The van der Waals surface area contributed by atoms with E-state index in [2.05, 4.69) is 10.1 Å². The summed E-state index contributed by atoms with van der Waals surface area (Å²) >= 11 is 7.47. The highest BCUT2D eigenvalue weighted by Gasteiger charge is 2.12. The molecule has 0 unspecified atom stereocenters. The number of carbonyl (C=O) groups is 1. The second-order valence-corrected chi connectivity index (χ2v) is 6.53. The van der Waals surface area contributed by atoms with Crippen molar-refractivity contribution in [3.05, 3.63) is 45.5 Å². The zero-order chi connectivity index (χ0) is 17.1. The maximum atomic E-state index is 12.3. The Balaban J connectivity index is 2.06. The minimum absolute atomic E-state index is 0.194. The molecule has 3 aromatic rings. The number of hydrogen-bond donors (Lipinski definition) is 0. The number of ether oxygens (including phenoxy) is 1. The zero-order valence-corrected chi connectivity index (χ0v) is 14.9. The molecule has 0 saturated heterocycles. The zero-order valence-electron chi connectivity index (χ0n) is 13.3. The Hall–Kier alpha value is -1.96. The predicted octanol–water partition coefficient (Wildman–Crippen LogP) is 3.43. The van der Waals surface area contributed by atoms with Crippen molar-refractivity contribution in [2.75, 3.05) is 13.2 Å². The van der Waals surface area contributed by atoms with Gasteiger partial charge < -0.3 is 13.8 Å². The van der Waals surface area contributed by atoms with E-state index in [1.807, 2.05) is 29.7 Å². The summed E-state index contributed by atoms with van der Waals surface area (Å²) in [6.45, 7) is 5.44. The van der Waals surface area contributed by atoms with E-state index in [1.165, 1.54) is 11.3 Å². The van der Waals surface area contributed by atoms with E-state index in [1.54, 1.807) is 13.0 Å². The van der Waals surface area contributed by atoms with Gasteiger partial charge in [0.25, 0.3) is 0 Å². The highest BCUT2D eigenvalue weighted by atomic mass is 35.5. The molecule has 0 radical (unpaired) electrons. The quantitative estimate of drug-likeness (QED) is 0.649. The second-order valence-electron chi connectivity index (χ2n) is 5.09. The van der Waals surface area contributed by atoms with Gasteiger partial charge in [-0.15, -0.1) is 0 Å². The van der Waals surface area contributed by atoms with Crippen LogP contribution in [0.15, 0.2) is 33.8 Å². The number of carbonyl (C=O) groups excluding carboxylic acids is 1. The fourth-order valence-electron chi connectivity index (χ4n) is 2.26. The summed E-state index contributed by atoms with van der Waals surface area (Å²) in [5, 5.41) is 4.36. The number of benzene rings is 1. The SMILES string of the molecule is CCOCCn1c(=NC(=O)c2cc(C)on2)sc2cc(Cl)ccc21. The normalized spacial score (nSPS) is 12.2. The summed E-state index contributed by atoms with van der Waals surface area (Å²) in [4.78, 5) is 17.1. The summed E-state index contributed by atoms with van der Waals surface area (Å²) in [6, 6.07) is 7.17. The van der Waals surface area contributed by atoms with E-state index in [4.69, 9.17) is 20.9 Å². The van der Waals surface area contributed by atoms with Crippen molar-refractivity contribution in [1.82, 2.24) is 9.72 Å².